The first kappa shape index (κ1) is 30.9. The van der Waals surface area contributed by atoms with Crippen LogP contribution in [0.4, 0.5) is 42.2 Å². The number of ether oxygens (including phenoxy) is 2. The van der Waals surface area contributed by atoms with Gasteiger partial charge in [0.2, 0.25) is 5.88 Å². The van der Waals surface area contributed by atoms with E-state index in [0.717, 1.165) is 5.70 Å². The smallest absolute Gasteiger partial charge is 0.417 e. The summed E-state index contributed by atoms with van der Waals surface area (Å²) in [5, 5.41) is 6.23. The van der Waals surface area contributed by atoms with Crippen molar-refractivity contribution >= 4 is 22.4 Å². The number of nitrogens with zero attached hydrogens (tertiary/aromatic N) is 4. The van der Waals surface area contributed by atoms with E-state index in [0.29, 0.717) is 32.0 Å². The van der Waals surface area contributed by atoms with Gasteiger partial charge in [0.25, 0.3) is 5.92 Å². The van der Waals surface area contributed by atoms with Gasteiger partial charge in [-0.1, -0.05) is 6.08 Å². The van der Waals surface area contributed by atoms with E-state index in [-0.39, 0.29) is 36.3 Å². The van der Waals surface area contributed by atoms with Crippen LogP contribution in [0.25, 0.3) is 22.2 Å². The number of benzene rings is 1. The molecule has 1 aromatic carbocycles. The first-order chi connectivity index (χ1) is 21.2. The Morgan fingerprint density at radius 1 is 1.18 bits per heavy atom. The number of hydrogen-bond donors (Lipinski definition) is 3. The first-order valence-electron chi connectivity index (χ1n) is 14.3. The Morgan fingerprint density at radius 3 is 2.62 bits per heavy atom. The third-order valence-corrected chi connectivity index (χ3v) is 8.44. The molecule has 16 heteroatoms. The van der Waals surface area contributed by atoms with Crippen molar-refractivity contribution in [2.75, 3.05) is 43.8 Å². The Labute approximate surface area is 253 Å². The molecule has 9 nitrogen and oxygen atoms in total. The summed E-state index contributed by atoms with van der Waals surface area (Å²) in [5.41, 5.74) is 1.10. The summed E-state index contributed by atoms with van der Waals surface area (Å²) in [7, 11) is 0. The fourth-order valence-corrected chi connectivity index (χ4v) is 5.99. The van der Waals surface area contributed by atoms with Crippen molar-refractivity contribution in [2.24, 2.45) is 0 Å². The standard InChI is InChI=1S/C29H30F7N7O2/c1-3-15-10-39-24-20-23(41-26(42-24)44-13-27-5-7-43(27)12-28(32,33)11-27)21(31)22(40-25(20)45-14(2)4-6-38-15)16-8-19(37)18(30)9-17(16)29(34,35)36/h3,8-9,14,38H,4-7,10-13,37H2,1-2H3,(H,39,41,42)/b15-3-/t14-,27+/m0/s1. The number of nitrogens with one attached hydrogen (secondary N) is 2. The van der Waals surface area contributed by atoms with Crippen LogP contribution in [0.5, 0.6) is 11.9 Å². The number of pyridine rings is 1. The van der Waals surface area contributed by atoms with Gasteiger partial charge in [0.15, 0.2) is 5.82 Å². The maximum Gasteiger partial charge on any atom is 0.417 e. The third kappa shape index (κ3) is 5.75. The molecule has 3 aromatic rings. The van der Waals surface area contributed by atoms with Crippen LogP contribution in [0.3, 0.4) is 0 Å². The van der Waals surface area contributed by atoms with Gasteiger partial charge in [-0.15, -0.1) is 0 Å². The monoisotopic (exact) mass is 641 g/mol. The maximum absolute atomic E-state index is 16.5. The molecule has 3 aliphatic heterocycles. The predicted octanol–water partition coefficient (Wildman–Crippen LogP) is 5.51. The average Bonchev–Trinajstić information content (AvgIpc) is 3.13. The minimum absolute atomic E-state index is 0.00687. The predicted molar refractivity (Wildman–Crippen MR) is 151 cm³/mol. The molecule has 0 bridgehead atoms. The van der Waals surface area contributed by atoms with E-state index in [4.69, 9.17) is 15.2 Å². The van der Waals surface area contributed by atoms with Crippen LogP contribution < -0.4 is 25.8 Å². The topological polar surface area (TPSA) is 110 Å². The van der Waals surface area contributed by atoms with E-state index in [1.807, 2.05) is 13.0 Å². The number of fused-ring (bicyclic) bond motifs is 1. The Balaban J connectivity index is 1.53. The second-order valence-electron chi connectivity index (χ2n) is 11.6. The van der Waals surface area contributed by atoms with E-state index < -0.39 is 82.4 Å². The minimum Gasteiger partial charge on any atom is -0.474 e. The summed E-state index contributed by atoms with van der Waals surface area (Å²) in [6.45, 7) is 3.99. The van der Waals surface area contributed by atoms with Crippen LogP contribution in [0.1, 0.15) is 38.7 Å². The molecule has 3 aliphatic rings. The molecule has 2 aromatic heterocycles. The Kier molecular flexibility index (Phi) is 7.61. The fourth-order valence-electron chi connectivity index (χ4n) is 5.99. The second-order valence-corrected chi connectivity index (χ2v) is 11.6. The molecule has 2 saturated heterocycles. The van der Waals surface area contributed by atoms with Gasteiger partial charge in [0.05, 0.1) is 36.0 Å². The number of halogens is 7. The number of allylic oxidation sites excluding steroid dienone is 1. The molecule has 242 valence electrons. The highest BCUT2D eigenvalue weighted by Crippen LogP contribution is 2.48. The van der Waals surface area contributed by atoms with Crippen molar-refractivity contribution in [1.29, 1.82) is 0 Å². The van der Waals surface area contributed by atoms with Gasteiger partial charge in [0.1, 0.15) is 34.8 Å². The lowest BCUT2D eigenvalue weighted by molar-refractivity contribution is -0.137. The maximum atomic E-state index is 16.5. The first-order valence-corrected chi connectivity index (χ1v) is 14.3. The Morgan fingerprint density at radius 2 is 1.96 bits per heavy atom. The number of aromatic nitrogens is 3. The molecule has 5 heterocycles. The average molecular weight is 642 g/mol. The molecule has 0 spiro atoms. The zero-order chi connectivity index (χ0) is 32.3. The highest BCUT2D eigenvalue weighted by atomic mass is 19.4. The van der Waals surface area contributed by atoms with Gasteiger partial charge in [-0.05, 0) is 32.4 Å². The molecular weight excluding hydrogens is 611 g/mol. The van der Waals surface area contributed by atoms with Crippen LogP contribution in [0.15, 0.2) is 23.9 Å². The molecule has 45 heavy (non-hydrogen) atoms. The highest BCUT2D eigenvalue weighted by Gasteiger charge is 2.60. The molecule has 2 atom stereocenters. The number of alkyl halides is 5. The van der Waals surface area contributed by atoms with E-state index in [2.05, 4.69) is 25.6 Å². The van der Waals surface area contributed by atoms with Crippen molar-refractivity contribution in [3.05, 3.63) is 41.1 Å². The molecule has 0 aliphatic carbocycles. The lowest BCUT2D eigenvalue weighted by Crippen LogP contribution is -2.59. The van der Waals surface area contributed by atoms with Crippen molar-refractivity contribution < 1.29 is 40.2 Å². The van der Waals surface area contributed by atoms with Crippen molar-refractivity contribution in [2.45, 2.75) is 56.9 Å². The normalized spacial score (nSPS) is 24.2. The largest absolute Gasteiger partial charge is 0.474 e. The van der Waals surface area contributed by atoms with Gasteiger partial charge in [-0.2, -0.15) is 23.1 Å². The number of anilines is 2. The lowest BCUT2D eigenvalue weighted by Gasteiger charge is -2.46. The van der Waals surface area contributed by atoms with E-state index in [1.165, 1.54) is 0 Å². The van der Waals surface area contributed by atoms with Crippen molar-refractivity contribution in [3.63, 3.8) is 0 Å². The summed E-state index contributed by atoms with van der Waals surface area (Å²) in [6.07, 6.45) is -3.39. The summed E-state index contributed by atoms with van der Waals surface area (Å²) in [4.78, 5) is 14.4. The van der Waals surface area contributed by atoms with Crippen LogP contribution in [-0.2, 0) is 6.18 Å². The number of hydrogen-bond acceptors (Lipinski definition) is 9. The third-order valence-electron chi connectivity index (χ3n) is 8.44. The molecule has 4 N–H and O–H groups in total. The van der Waals surface area contributed by atoms with Crippen LogP contribution in [-0.4, -0.2) is 70.2 Å². The van der Waals surface area contributed by atoms with Crippen molar-refractivity contribution in [1.82, 2.24) is 25.2 Å². The number of rotatable bonds is 4. The summed E-state index contributed by atoms with van der Waals surface area (Å²) < 4.78 is 113. The highest BCUT2D eigenvalue weighted by molar-refractivity contribution is 5.96. The van der Waals surface area contributed by atoms with E-state index in [9.17, 15) is 26.3 Å². The van der Waals surface area contributed by atoms with Gasteiger partial charge in [-0.3, -0.25) is 4.90 Å². The number of nitrogens with two attached hydrogens (primary N) is 1. The van der Waals surface area contributed by atoms with Crippen molar-refractivity contribution in [3.8, 4) is 23.1 Å². The van der Waals surface area contributed by atoms with Gasteiger partial charge < -0.3 is 25.8 Å². The number of nitrogen functional groups attached to an aromatic ring is 1. The molecule has 0 amide bonds. The Hall–Kier alpha value is -4.08. The molecule has 0 radical (unpaired) electrons. The fraction of sp³-hybridized carbons (Fsp3) is 0.483. The zero-order valence-electron chi connectivity index (χ0n) is 24.3. The molecule has 0 saturated carbocycles. The molecule has 2 fully saturated rings. The summed E-state index contributed by atoms with van der Waals surface area (Å²) in [5.74, 6) is -5.82. The summed E-state index contributed by atoms with van der Waals surface area (Å²) in [6, 6.07) is 0.437. The van der Waals surface area contributed by atoms with Gasteiger partial charge in [-0.25, -0.2) is 22.5 Å². The molecule has 0 unspecified atom stereocenters. The van der Waals surface area contributed by atoms with Crippen LogP contribution in [0, 0.1) is 11.6 Å². The molecular formula is C29H30F7N7O2. The van der Waals surface area contributed by atoms with Gasteiger partial charge in [0, 0.05) is 37.2 Å². The van der Waals surface area contributed by atoms with Crippen LogP contribution in [0.2, 0.25) is 0 Å². The van der Waals surface area contributed by atoms with E-state index in [1.54, 1.807) is 11.8 Å². The quantitative estimate of drug-likeness (QED) is 0.251. The van der Waals surface area contributed by atoms with Crippen LogP contribution >= 0.6 is 0 Å². The van der Waals surface area contributed by atoms with Gasteiger partial charge >= 0.3 is 12.2 Å². The molecule has 6 rings (SSSR count). The Bertz CT molecular complexity index is 1680. The lowest BCUT2D eigenvalue weighted by atomic mass is 9.85. The second kappa shape index (κ2) is 11.1. The summed E-state index contributed by atoms with van der Waals surface area (Å²) >= 11 is 0. The SMILES string of the molecule is C/C=C1/CNc2nc(OC[C@]34CCN3CC(F)(F)C4)nc3c(F)c(-c4cc(N)c(F)cc4C(F)(F)F)nc(c23)O[C@@H](C)CCN1. The minimum atomic E-state index is -5.10. The zero-order valence-corrected chi connectivity index (χ0v) is 24.3. The van der Waals surface area contributed by atoms with E-state index >= 15 is 4.39 Å².